The summed E-state index contributed by atoms with van der Waals surface area (Å²) in [6.07, 6.45) is 0. The van der Waals surface area contributed by atoms with Crippen molar-refractivity contribution in [3.8, 4) is 0 Å². The molecule has 1 aromatic rings. The van der Waals surface area contributed by atoms with Gasteiger partial charge in [-0.3, -0.25) is 0 Å². The van der Waals surface area contributed by atoms with Gasteiger partial charge in [0.25, 0.3) is 0 Å². The van der Waals surface area contributed by atoms with Crippen LogP contribution in [0.2, 0.25) is 0 Å². The van der Waals surface area contributed by atoms with Crippen molar-refractivity contribution in [1.82, 2.24) is 4.72 Å². The van der Waals surface area contributed by atoms with Gasteiger partial charge in [0, 0.05) is 6.54 Å². The van der Waals surface area contributed by atoms with E-state index in [4.69, 9.17) is 0 Å². The summed E-state index contributed by atoms with van der Waals surface area (Å²) in [5.41, 5.74) is 0.974. The molecule has 16 heavy (non-hydrogen) atoms. The topological polar surface area (TPSA) is 46.2 Å². The molecule has 0 fully saturated rings. The summed E-state index contributed by atoms with van der Waals surface area (Å²) < 4.78 is 26.3. The third-order valence-corrected chi connectivity index (χ3v) is 4.82. The Balaban J connectivity index is 2.62. The molecule has 0 heterocycles. The van der Waals surface area contributed by atoms with Crippen molar-refractivity contribution in [2.75, 3.05) is 0 Å². The zero-order valence-corrected chi connectivity index (χ0v) is 10.8. The minimum atomic E-state index is -3.21. The molecule has 0 spiro atoms. The van der Waals surface area contributed by atoms with E-state index < -0.39 is 10.0 Å². The van der Waals surface area contributed by atoms with E-state index in [0.29, 0.717) is 6.54 Å². The molecule has 0 radical (unpaired) electrons. The second-order valence-corrected chi connectivity index (χ2v) is 6.42. The lowest BCUT2D eigenvalue weighted by atomic mass is 10.2. The van der Waals surface area contributed by atoms with Crippen LogP contribution in [0.1, 0.15) is 26.3 Å². The zero-order chi connectivity index (χ0) is 12.2. The minimum Gasteiger partial charge on any atom is -0.212 e. The zero-order valence-electron chi connectivity index (χ0n) is 9.97. The number of sulfonamides is 1. The maximum atomic E-state index is 11.8. The molecular formula is C12H19NO2S. The molecular weight excluding hydrogens is 222 g/mol. The van der Waals surface area contributed by atoms with Crippen LogP contribution in [0.25, 0.3) is 0 Å². The summed E-state index contributed by atoms with van der Waals surface area (Å²) in [6.45, 7) is 5.91. The molecule has 1 rings (SSSR count). The molecule has 0 aliphatic rings. The average Bonchev–Trinajstić information content (AvgIpc) is 2.27. The first kappa shape index (κ1) is 13.2. The molecule has 4 heteroatoms. The summed E-state index contributed by atoms with van der Waals surface area (Å²) in [7, 11) is -3.21. The lowest BCUT2D eigenvalue weighted by Gasteiger charge is -2.17. The standard InChI is InChI=1S/C12H19NO2S/c1-10(2)11(3)16(14,15)13-9-12-7-5-4-6-8-12/h4-8,10-11,13H,9H2,1-3H3. The number of benzene rings is 1. The molecule has 1 unspecified atom stereocenters. The predicted molar refractivity (Wildman–Crippen MR) is 66.5 cm³/mol. The van der Waals surface area contributed by atoms with Crippen molar-refractivity contribution in [3.63, 3.8) is 0 Å². The van der Waals surface area contributed by atoms with Gasteiger partial charge in [-0.05, 0) is 18.4 Å². The minimum absolute atomic E-state index is 0.119. The van der Waals surface area contributed by atoms with Crippen LogP contribution >= 0.6 is 0 Å². The van der Waals surface area contributed by atoms with E-state index in [9.17, 15) is 8.42 Å². The maximum Gasteiger partial charge on any atom is 0.214 e. The second-order valence-electron chi connectivity index (χ2n) is 4.30. The predicted octanol–water partition coefficient (Wildman–Crippen LogP) is 2.15. The van der Waals surface area contributed by atoms with Crippen LogP contribution in [0.5, 0.6) is 0 Å². The van der Waals surface area contributed by atoms with Gasteiger partial charge in [0.2, 0.25) is 10.0 Å². The average molecular weight is 241 g/mol. The Bertz CT molecular complexity index is 412. The molecule has 1 N–H and O–H groups in total. The Hall–Kier alpha value is -0.870. The summed E-state index contributed by atoms with van der Waals surface area (Å²) in [5, 5.41) is -0.365. The summed E-state index contributed by atoms with van der Waals surface area (Å²) in [4.78, 5) is 0. The Labute approximate surface area is 97.9 Å². The fourth-order valence-corrected chi connectivity index (χ4v) is 2.62. The highest BCUT2D eigenvalue weighted by molar-refractivity contribution is 7.90. The molecule has 0 aliphatic carbocycles. The van der Waals surface area contributed by atoms with Gasteiger partial charge < -0.3 is 0 Å². The monoisotopic (exact) mass is 241 g/mol. The first-order chi connectivity index (χ1) is 7.43. The lowest BCUT2D eigenvalue weighted by Crippen LogP contribution is -2.35. The normalized spacial score (nSPS) is 14.0. The highest BCUT2D eigenvalue weighted by Gasteiger charge is 2.22. The van der Waals surface area contributed by atoms with Crippen LogP contribution in [-0.2, 0) is 16.6 Å². The summed E-state index contributed by atoms with van der Waals surface area (Å²) in [6, 6.07) is 9.52. The molecule has 0 aliphatic heterocycles. The Morgan fingerprint density at radius 3 is 2.19 bits per heavy atom. The van der Waals surface area contributed by atoms with Gasteiger partial charge in [-0.2, -0.15) is 0 Å². The van der Waals surface area contributed by atoms with Gasteiger partial charge in [0.1, 0.15) is 0 Å². The van der Waals surface area contributed by atoms with E-state index in [1.54, 1.807) is 6.92 Å². The van der Waals surface area contributed by atoms with Gasteiger partial charge in [0.05, 0.1) is 5.25 Å². The van der Waals surface area contributed by atoms with Crippen LogP contribution in [0, 0.1) is 5.92 Å². The molecule has 1 aromatic carbocycles. The largest absolute Gasteiger partial charge is 0.214 e. The van der Waals surface area contributed by atoms with Crippen molar-refractivity contribution in [2.24, 2.45) is 5.92 Å². The molecule has 1 atom stereocenters. The van der Waals surface area contributed by atoms with Crippen LogP contribution in [0.15, 0.2) is 30.3 Å². The van der Waals surface area contributed by atoms with E-state index >= 15 is 0 Å². The molecule has 0 saturated heterocycles. The molecule has 0 bridgehead atoms. The number of rotatable bonds is 5. The summed E-state index contributed by atoms with van der Waals surface area (Å²) >= 11 is 0. The lowest BCUT2D eigenvalue weighted by molar-refractivity contribution is 0.533. The fraction of sp³-hybridized carbons (Fsp3) is 0.500. The highest BCUT2D eigenvalue weighted by atomic mass is 32.2. The molecule has 0 saturated carbocycles. The molecule has 3 nitrogen and oxygen atoms in total. The third-order valence-electron chi connectivity index (χ3n) is 2.75. The van der Waals surface area contributed by atoms with Crippen molar-refractivity contribution >= 4 is 10.0 Å². The van der Waals surface area contributed by atoms with Gasteiger partial charge in [-0.25, -0.2) is 13.1 Å². The number of nitrogens with one attached hydrogen (secondary N) is 1. The molecule has 0 amide bonds. The van der Waals surface area contributed by atoms with Crippen molar-refractivity contribution in [2.45, 2.75) is 32.6 Å². The quantitative estimate of drug-likeness (QED) is 0.858. The van der Waals surface area contributed by atoms with Crippen LogP contribution < -0.4 is 4.72 Å². The van der Waals surface area contributed by atoms with Gasteiger partial charge in [-0.1, -0.05) is 44.2 Å². The van der Waals surface area contributed by atoms with Crippen molar-refractivity contribution in [3.05, 3.63) is 35.9 Å². The van der Waals surface area contributed by atoms with Gasteiger partial charge in [-0.15, -0.1) is 0 Å². The van der Waals surface area contributed by atoms with Gasteiger partial charge in [0.15, 0.2) is 0 Å². The first-order valence-corrected chi connectivity index (χ1v) is 7.00. The SMILES string of the molecule is CC(C)C(C)S(=O)(=O)NCc1ccccc1. The van der Waals surface area contributed by atoms with Crippen molar-refractivity contribution in [1.29, 1.82) is 0 Å². The summed E-state index contributed by atoms with van der Waals surface area (Å²) in [5.74, 6) is 0.119. The Kier molecular flexibility index (Phi) is 4.50. The Morgan fingerprint density at radius 1 is 1.12 bits per heavy atom. The van der Waals surface area contributed by atoms with E-state index in [-0.39, 0.29) is 11.2 Å². The number of hydrogen-bond acceptors (Lipinski definition) is 2. The highest BCUT2D eigenvalue weighted by Crippen LogP contribution is 2.10. The van der Waals surface area contributed by atoms with E-state index in [1.807, 2.05) is 44.2 Å². The van der Waals surface area contributed by atoms with Gasteiger partial charge >= 0.3 is 0 Å². The van der Waals surface area contributed by atoms with Crippen LogP contribution in [0.3, 0.4) is 0 Å². The third kappa shape index (κ3) is 3.61. The molecule has 0 aromatic heterocycles. The van der Waals surface area contributed by atoms with E-state index in [1.165, 1.54) is 0 Å². The first-order valence-electron chi connectivity index (χ1n) is 5.46. The van der Waals surface area contributed by atoms with E-state index in [2.05, 4.69) is 4.72 Å². The maximum absolute atomic E-state index is 11.8. The smallest absolute Gasteiger partial charge is 0.212 e. The second kappa shape index (κ2) is 5.46. The van der Waals surface area contributed by atoms with Crippen molar-refractivity contribution < 1.29 is 8.42 Å². The fourth-order valence-electron chi connectivity index (χ4n) is 1.27. The van der Waals surface area contributed by atoms with Crippen LogP contribution in [-0.4, -0.2) is 13.7 Å². The number of hydrogen-bond donors (Lipinski definition) is 1. The molecule has 90 valence electrons. The van der Waals surface area contributed by atoms with E-state index in [0.717, 1.165) is 5.56 Å². The Morgan fingerprint density at radius 2 is 1.69 bits per heavy atom. The van der Waals surface area contributed by atoms with Crippen LogP contribution in [0.4, 0.5) is 0 Å².